The average molecular weight is 671 g/mol. The summed E-state index contributed by atoms with van der Waals surface area (Å²) in [6.07, 6.45) is 4.28. The molecule has 0 saturated carbocycles. The van der Waals surface area contributed by atoms with Crippen LogP contribution >= 0.6 is 0 Å². The van der Waals surface area contributed by atoms with Crippen molar-refractivity contribution in [2.24, 2.45) is 5.41 Å². The third kappa shape index (κ3) is 4.56. The van der Waals surface area contributed by atoms with E-state index in [4.69, 9.17) is 9.97 Å². The fraction of sp³-hybridized carbons (Fsp3) is 0.200. The predicted molar refractivity (Wildman–Crippen MR) is 215 cm³/mol. The second kappa shape index (κ2) is 11.5. The van der Waals surface area contributed by atoms with Gasteiger partial charge in [0.15, 0.2) is 5.82 Å². The number of hydrogen-bond acceptors (Lipinski definition) is 2. The van der Waals surface area contributed by atoms with Crippen molar-refractivity contribution in [1.82, 2.24) is 9.97 Å². The molecule has 10 rings (SSSR count). The fourth-order valence-electron chi connectivity index (χ4n) is 9.46. The molecule has 0 N–H and O–H groups in total. The molecule has 0 fully saturated rings. The smallest absolute Gasteiger partial charge is 0.160 e. The zero-order valence-electron chi connectivity index (χ0n) is 30.4. The molecule has 2 heteroatoms. The van der Waals surface area contributed by atoms with Gasteiger partial charge in [0, 0.05) is 22.1 Å². The van der Waals surface area contributed by atoms with Crippen LogP contribution in [0.1, 0.15) is 67.5 Å². The van der Waals surface area contributed by atoms with E-state index >= 15 is 0 Å². The quantitative estimate of drug-likeness (QED) is 0.187. The van der Waals surface area contributed by atoms with Gasteiger partial charge in [-0.05, 0) is 110 Å². The van der Waals surface area contributed by atoms with Gasteiger partial charge in [0.1, 0.15) is 0 Å². The topological polar surface area (TPSA) is 25.8 Å². The molecule has 6 aromatic carbocycles. The van der Waals surface area contributed by atoms with Crippen LogP contribution in [0.25, 0.3) is 67.3 Å². The third-order valence-corrected chi connectivity index (χ3v) is 12.5. The van der Waals surface area contributed by atoms with Crippen molar-refractivity contribution in [3.8, 4) is 67.3 Å². The molecule has 252 valence electrons. The Kier molecular flexibility index (Phi) is 6.86. The average Bonchev–Trinajstić information content (AvgIpc) is 3.60. The van der Waals surface area contributed by atoms with Gasteiger partial charge in [-0.15, -0.1) is 0 Å². The van der Waals surface area contributed by atoms with Crippen LogP contribution in [0.15, 0.2) is 133 Å². The van der Waals surface area contributed by atoms with Crippen LogP contribution in [-0.2, 0) is 24.7 Å². The predicted octanol–water partition coefficient (Wildman–Crippen LogP) is 12.5. The Morgan fingerprint density at radius 2 is 1.13 bits per heavy atom. The molecular formula is C50H42N2. The Balaban J connectivity index is 1.22. The maximum atomic E-state index is 5.47. The molecule has 0 aliphatic heterocycles. The highest BCUT2D eigenvalue weighted by Crippen LogP contribution is 2.61. The number of benzene rings is 6. The summed E-state index contributed by atoms with van der Waals surface area (Å²) >= 11 is 0. The molecule has 0 saturated heterocycles. The lowest BCUT2D eigenvalue weighted by Gasteiger charge is -2.41. The molecule has 52 heavy (non-hydrogen) atoms. The second-order valence-corrected chi connectivity index (χ2v) is 16.2. The largest absolute Gasteiger partial charge is 0.228 e. The van der Waals surface area contributed by atoms with Crippen LogP contribution in [0.2, 0.25) is 0 Å². The number of aryl methyl sites for hydroxylation is 2. The van der Waals surface area contributed by atoms with Gasteiger partial charge >= 0.3 is 0 Å². The zero-order chi connectivity index (χ0) is 35.2. The standard InChI is InChI=1S/C50H42N2/c1-49(2,3)50(4)41-26-25-36(29-40(41)47-42(50)27-24-35-28-34-17-9-11-22-38(34)46(35)47)48-51-43(32-15-6-5-7-16-32)30-44(52-48)39-23-13-20-33-19-12-18-31-14-8-10-21-37(31)45(33)39/h5-11,13-17,20-27,29-30H,12,18-19,28H2,1-4H3. The maximum absolute atomic E-state index is 5.47. The second-order valence-electron chi connectivity index (χ2n) is 16.2. The van der Waals surface area contributed by atoms with Crippen molar-refractivity contribution >= 4 is 0 Å². The summed E-state index contributed by atoms with van der Waals surface area (Å²) < 4.78 is 0. The van der Waals surface area contributed by atoms with E-state index in [0.29, 0.717) is 0 Å². The van der Waals surface area contributed by atoms with Crippen molar-refractivity contribution in [3.63, 3.8) is 0 Å². The SMILES string of the molecule is CC(C)(C)C1(C)c2ccc(-c3nc(-c4ccccc4)cc(-c4cccc5c4-c4ccccc4CCC5)n3)cc2-c2c1ccc1c2-c2ccccc2C1. The molecule has 1 atom stereocenters. The van der Waals surface area contributed by atoms with Crippen LogP contribution in [0.3, 0.4) is 0 Å². The minimum Gasteiger partial charge on any atom is -0.228 e. The first-order chi connectivity index (χ1) is 25.3. The molecule has 1 aromatic heterocycles. The van der Waals surface area contributed by atoms with Crippen LogP contribution < -0.4 is 0 Å². The van der Waals surface area contributed by atoms with Crippen LogP contribution in [0.5, 0.6) is 0 Å². The summed E-state index contributed by atoms with van der Waals surface area (Å²) in [5.41, 5.74) is 21.7. The molecule has 1 heterocycles. The van der Waals surface area contributed by atoms with E-state index in [1.807, 2.05) is 0 Å². The molecular weight excluding hydrogens is 629 g/mol. The monoisotopic (exact) mass is 670 g/mol. The Morgan fingerprint density at radius 3 is 1.94 bits per heavy atom. The highest BCUT2D eigenvalue weighted by molar-refractivity contribution is 5.98. The zero-order valence-corrected chi connectivity index (χ0v) is 30.4. The third-order valence-electron chi connectivity index (χ3n) is 12.5. The van der Waals surface area contributed by atoms with Gasteiger partial charge in [-0.3, -0.25) is 0 Å². The van der Waals surface area contributed by atoms with Crippen LogP contribution in [-0.4, -0.2) is 9.97 Å². The van der Waals surface area contributed by atoms with Gasteiger partial charge in [-0.1, -0.05) is 149 Å². The Bertz CT molecular complexity index is 2570. The molecule has 0 amide bonds. The van der Waals surface area contributed by atoms with Crippen molar-refractivity contribution in [1.29, 1.82) is 0 Å². The van der Waals surface area contributed by atoms with Gasteiger partial charge in [0.25, 0.3) is 0 Å². The van der Waals surface area contributed by atoms with Gasteiger partial charge in [0.2, 0.25) is 0 Å². The summed E-state index contributed by atoms with van der Waals surface area (Å²) in [4.78, 5) is 10.8. The lowest BCUT2D eigenvalue weighted by atomic mass is 9.62. The van der Waals surface area contributed by atoms with Gasteiger partial charge in [-0.25, -0.2) is 9.97 Å². The van der Waals surface area contributed by atoms with E-state index in [1.54, 1.807) is 0 Å². The normalized spacial score (nSPS) is 16.6. The lowest BCUT2D eigenvalue weighted by Crippen LogP contribution is -2.36. The first kappa shape index (κ1) is 31.2. The summed E-state index contributed by atoms with van der Waals surface area (Å²) in [5, 5.41) is 0. The van der Waals surface area contributed by atoms with Gasteiger partial charge in [0.05, 0.1) is 11.4 Å². The number of aromatic nitrogens is 2. The van der Waals surface area contributed by atoms with E-state index < -0.39 is 0 Å². The Hall–Kier alpha value is -5.60. The minimum atomic E-state index is -0.157. The van der Waals surface area contributed by atoms with Crippen molar-refractivity contribution in [3.05, 3.63) is 167 Å². The van der Waals surface area contributed by atoms with E-state index in [1.165, 1.54) is 72.3 Å². The first-order valence-corrected chi connectivity index (χ1v) is 18.8. The minimum absolute atomic E-state index is 0.000815. The summed E-state index contributed by atoms with van der Waals surface area (Å²) in [6, 6.07) is 49.4. The molecule has 3 aliphatic carbocycles. The molecule has 0 bridgehead atoms. The van der Waals surface area contributed by atoms with Crippen molar-refractivity contribution in [2.45, 2.75) is 58.8 Å². The highest BCUT2D eigenvalue weighted by atomic mass is 14.9. The summed E-state index contributed by atoms with van der Waals surface area (Å²) in [7, 11) is 0. The Morgan fingerprint density at radius 1 is 0.481 bits per heavy atom. The van der Waals surface area contributed by atoms with Crippen LogP contribution in [0.4, 0.5) is 0 Å². The molecule has 3 aliphatic rings. The molecule has 0 spiro atoms. The first-order valence-electron chi connectivity index (χ1n) is 18.8. The fourth-order valence-corrected chi connectivity index (χ4v) is 9.46. The van der Waals surface area contributed by atoms with Crippen molar-refractivity contribution < 1.29 is 0 Å². The highest BCUT2D eigenvalue weighted by Gasteiger charge is 2.49. The van der Waals surface area contributed by atoms with Crippen molar-refractivity contribution in [2.75, 3.05) is 0 Å². The molecule has 0 radical (unpaired) electrons. The molecule has 2 nitrogen and oxygen atoms in total. The van der Waals surface area contributed by atoms with E-state index in [2.05, 4.69) is 161 Å². The number of fused-ring (bicyclic) bond motifs is 10. The lowest BCUT2D eigenvalue weighted by molar-refractivity contribution is 0.255. The maximum Gasteiger partial charge on any atom is 0.160 e. The Labute approximate surface area is 307 Å². The summed E-state index contributed by atoms with van der Waals surface area (Å²) in [5.74, 6) is 0.762. The number of rotatable bonds is 3. The number of hydrogen-bond donors (Lipinski definition) is 0. The number of nitrogens with zero attached hydrogens (tertiary/aromatic N) is 2. The van der Waals surface area contributed by atoms with E-state index in [9.17, 15) is 0 Å². The van der Waals surface area contributed by atoms with E-state index in [-0.39, 0.29) is 10.8 Å². The summed E-state index contributed by atoms with van der Waals surface area (Å²) in [6.45, 7) is 9.62. The molecule has 7 aromatic rings. The van der Waals surface area contributed by atoms with Crippen LogP contribution in [0, 0.1) is 5.41 Å². The van der Waals surface area contributed by atoms with Gasteiger partial charge in [-0.2, -0.15) is 0 Å². The van der Waals surface area contributed by atoms with Gasteiger partial charge < -0.3 is 0 Å². The molecule has 1 unspecified atom stereocenters. The van der Waals surface area contributed by atoms with E-state index in [0.717, 1.165) is 54.0 Å².